The number of ether oxygens (including phenoxy) is 1. The molecule has 0 spiro atoms. The number of primary amides is 1. The lowest BCUT2D eigenvalue weighted by atomic mass is 9.72. The van der Waals surface area contributed by atoms with E-state index in [0.717, 1.165) is 48.4 Å². The third kappa shape index (κ3) is 5.54. The van der Waals surface area contributed by atoms with Crippen LogP contribution in [-0.2, 0) is 15.1 Å². The molecule has 2 heterocycles. The number of thiophene rings is 1. The molecule has 1 atom stereocenters. The van der Waals surface area contributed by atoms with Crippen LogP contribution in [-0.4, -0.2) is 47.8 Å². The molecule has 11 heteroatoms. The molecule has 1 amide bonds. The van der Waals surface area contributed by atoms with Gasteiger partial charge in [-0.25, -0.2) is 9.59 Å². The first-order valence-corrected chi connectivity index (χ1v) is 13.6. The SMILES string of the molecule is Cc1cccc(C(Nc2cccc(-c3sc(C(=O)O)c(OCC(=O)O)c3Br)c2)(C(N)=O)C2CCNCC2)c1. The van der Waals surface area contributed by atoms with Gasteiger partial charge in [0.25, 0.3) is 0 Å². The fourth-order valence-electron chi connectivity index (χ4n) is 4.91. The summed E-state index contributed by atoms with van der Waals surface area (Å²) in [6.45, 7) is 2.83. The Morgan fingerprint density at radius 3 is 2.50 bits per heavy atom. The number of benzene rings is 2. The number of hydrogen-bond donors (Lipinski definition) is 5. The summed E-state index contributed by atoms with van der Waals surface area (Å²) in [5.74, 6) is -3.02. The van der Waals surface area contributed by atoms with E-state index in [-0.39, 0.29) is 16.5 Å². The van der Waals surface area contributed by atoms with Crippen molar-refractivity contribution in [2.75, 3.05) is 25.0 Å². The molecule has 3 aromatic rings. The van der Waals surface area contributed by atoms with E-state index in [4.69, 9.17) is 15.6 Å². The molecule has 0 aliphatic carbocycles. The van der Waals surface area contributed by atoms with Gasteiger partial charge in [-0.05, 0) is 78.0 Å². The average molecular weight is 603 g/mol. The maximum Gasteiger partial charge on any atom is 0.349 e. The first-order valence-electron chi connectivity index (χ1n) is 12.0. The number of aryl methyl sites for hydroxylation is 1. The van der Waals surface area contributed by atoms with Crippen molar-refractivity contribution in [1.29, 1.82) is 0 Å². The van der Waals surface area contributed by atoms with E-state index in [9.17, 15) is 19.5 Å². The molecule has 9 nitrogen and oxygen atoms in total. The summed E-state index contributed by atoms with van der Waals surface area (Å²) in [6.07, 6.45) is 1.51. The molecule has 0 bridgehead atoms. The number of aliphatic carboxylic acids is 1. The normalized spacial score (nSPS) is 15.4. The number of rotatable bonds is 10. The molecule has 200 valence electrons. The quantitative estimate of drug-likeness (QED) is 0.229. The van der Waals surface area contributed by atoms with Crippen LogP contribution in [0.25, 0.3) is 10.4 Å². The number of carboxylic acids is 2. The van der Waals surface area contributed by atoms with Gasteiger partial charge in [0.1, 0.15) is 5.54 Å². The Labute approximate surface area is 232 Å². The maximum absolute atomic E-state index is 13.3. The van der Waals surface area contributed by atoms with Gasteiger partial charge in [0.05, 0.1) is 9.35 Å². The van der Waals surface area contributed by atoms with E-state index in [2.05, 4.69) is 26.6 Å². The minimum atomic E-state index is -1.23. The average Bonchev–Trinajstić information content (AvgIpc) is 3.23. The smallest absolute Gasteiger partial charge is 0.349 e. The van der Waals surface area contributed by atoms with E-state index < -0.39 is 30.0 Å². The summed E-state index contributed by atoms with van der Waals surface area (Å²) >= 11 is 4.37. The Balaban J connectivity index is 1.79. The molecule has 1 fully saturated rings. The molecule has 1 aliphatic heterocycles. The Bertz CT molecular complexity index is 1370. The number of carbonyl (C=O) groups is 3. The van der Waals surface area contributed by atoms with Crippen LogP contribution >= 0.6 is 27.3 Å². The molecule has 0 saturated carbocycles. The van der Waals surface area contributed by atoms with Crippen LogP contribution in [0, 0.1) is 12.8 Å². The lowest BCUT2D eigenvalue weighted by molar-refractivity contribution is -0.139. The lowest BCUT2D eigenvalue weighted by Gasteiger charge is -2.42. The minimum Gasteiger partial charge on any atom is -0.479 e. The molecule has 6 N–H and O–H groups in total. The second-order valence-corrected chi connectivity index (χ2v) is 11.0. The summed E-state index contributed by atoms with van der Waals surface area (Å²) < 4.78 is 5.63. The molecule has 0 radical (unpaired) electrons. The van der Waals surface area contributed by atoms with E-state index in [0.29, 0.717) is 20.6 Å². The summed E-state index contributed by atoms with van der Waals surface area (Å²) in [5, 5.41) is 25.5. The van der Waals surface area contributed by atoms with Crippen molar-refractivity contribution in [2.24, 2.45) is 11.7 Å². The highest BCUT2D eigenvalue weighted by atomic mass is 79.9. The number of carboxylic acid groups (broad SMARTS) is 2. The van der Waals surface area contributed by atoms with Crippen LogP contribution in [0.3, 0.4) is 0 Å². The number of amides is 1. The lowest BCUT2D eigenvalue weighted by Crippen LogP contribution is -2.55. The number of halogens is 1. The van der Waals surface area contributed by atoms with Gasteiger partial charge in [0, 0.05) is 5.69 Å². The molecule has 2 aromatic carbocycles. The van der Waals surface area contributed by atoms with E-state index in [1.54, 1.807) is 12.1 Å². The largest absolute Gasteiger partial charge is 0.479 e. The zero-order valence-corrected chi connectivity index (χ0v) is 23.0. The second kappa shape index (κ2) is 11.5. The second-order valence-electron chi connectivity index (χ2n) is 9.16. The summed E-state index contributed by atoms with van der Waals surface area (Å²) in [6, 6.07) is 15.0. The first kappa shape index (κ1) is 27.6. The topological polar surface area (TPSA) is 151 Å². The van der Waals surface area contributed by atoms with Gasteiger partial charge in [0.15, 0.2) is 17.2 Å². The van der Waals surface area contributed by atoms with Crippen molar-refractivity contribution in [3.05, 3.63) is 69.0 Å². The monoisotopic (exact) mass is 601 g/mol. The number of piperidine rings is 1. The van der Waals surface area contributed by atoms with Crippen molar-refractivity contribution < 1.29 is 29.3 Å². The van der Waals surface area contributed by atoms with Crippen molar-refractivity contribution in [2.45, 2.75) is 25.3 Å². The molecular formula is C27H28BrN3O6S. The van der Waals surface area contributed by atoms with Gasteiger partial charge < -0.3 is 31.3 Å². The minimum absolute atomic E-state index is 0.0424. The van der Waals surface area contributed by atoms with Gasteiger partial charge in [-0.2, -0.15) is 0 Å². The Morgan fingerprint density at radius 2 is 1.87 bits per heavy atom. The van der Waals surface area contributed by atoms with E-state index >= 15 is 0 Å². The highest BCUT2D eigenvalue weighted by molar-refractivity contribution is 9.10. The van der Waals surface area contributed by atoms with Crippen LogP contribution in [0.1, 0.15) is 33.6 Å². The Hall–Kier alpha value is -3.41. The maximum atomic E-state index is 13.3. The zero-order chi connectivity index (χ0) is 27.4. The van der Waals surface area contributed by atoms with E-state index in [1.807, 2.05) is 43.3 Å². The van der Waals surface area contributed by atoms with E-state index in [1.165, 1.54) is 0 Å². The summed E-state index contributed by atoms with van der Waals surface area (Å²) in [5.41, 5.74) is 8.09. The van der Waals surface area contributed by atoms with Gasteiger partial charge in [0.2, 0.25) is 5.91 Å². The number of anilines is 1. The van der Waals surface area contributed by atoms with Crippen molar-refractivity contribution in [3.8, 4) is 16.2 Å². The molecule has 1 saturated heterocycles. The first-order chi connectivity index (χ1) is 18.1. The van der Waals surface area contributed by atoms with Crippen LogP contribution in [0.15, 0.2) is 53.0 Å². The van der Waals surface area contributed by atoms with Crippen LogP contribution in [0.2, 0.25) is 0 Å². The zero-order valence-electron chi connectivity index (χ0n) is 20.6. The molecule has 1 unspecified atom stereocenters. The standard InChI is InChI=1S/C27H28BrN3O6S/c1-15-4-2-6-18(12-15)27(26(29)36,17-8-10-30-11-9-17)31-19-7-3-5-16(13-19)23-21(28)22(37-14-20(32)33)24(38-23)25(34)35/h2-7,12-13,17,30-31H,8-11,14H2,1H3,(H2,29,36)(H,32,33)(H,34,35). The van der Waals surface area contributed by atoms with Crippen LogP contribution in [0.4, 0.5) is 5.69 Å². The van der Waals surface area contributed by atoms with Crippen molar-refractivity contribution in [1.82, 2.24) is 5.32 Å². The Morgan fingerprint density at radius 1 is 1.16 bits per heavy atom. The molecule has 38 heavy (non-hydrogen) atoms. The van der Waals surface area contributed by atoms with Crippen molar-refractivity contribution in [3.63, 3.8) is 0 Å². The molecule has 4 rings (SSSR count). The summed E-state index contributed by atoms with van der Waals surface area (Å²) in [7, 11) is 0. The number of nitrogens with two attached hydrogens (primary N) is 1. The number of nitrogens with one attached hydrogen (secondary N) is 2. The predicted molar refractivity (Wildman–Crippen MR) is 149 cm³/mol. The number of carbonyl (C=O) groups excluding carboxylic acids is 1. The molecular weight excluding hydrogens is 574 g/mol. The molecule has 1 aromatic heterocycles. The predicted octanol–water partition coefficient (Wildman–Crippen LogP) is 4.44. The Kier molecular flexibility index (Phi) is 8.39. The number of aromatic carboxylic acids is 1. The summed E-state index contributed by atoms with van der Waals surface area (Å²) in [4.78, 5) is 36.6. The highest BCUT2D eigenvalue weighted by Gasteiger charge is 2.46. The third-order valence-corrected chi connectivity index (χ3v) is 8.85. The number of hydrogen-bond acceptors (Lipinski definition) is 7. The van der Waals surface area contributed by atoms with Crippen LogP contribution in [0.5, 0.6) is 5.75 Å². The fourth-order valence-corrected chi connectivity index (χ4v) is 6.80. The van der Waals surface area contributed by atoms with Gasteiger partial charge in [-0.3, -0.25) is 4.79 Å². The third-order valence-electron chi connectivity index (χ3n) is 6.62. The van der Waals surface area contributed by atoms with Gasteiger partial charge >= 0.3 is 11.9 Å². The molecule has 1 aliphatic rings. The fraction of sp³-hybridized carbons (Fsp3) is 0.296. The highest BCUT2D eigenvalue weighted by Crippen LogP contribution is 2.46. The van der Waals surface area contributed by atoms with Gasteiger partial charge in [-0.15, -0.1) is 11.3 Å². The van der Waals surface area contributed by atoms with Crippen LogP contribution < -0.4 is 21.1 Å². The van der Waals surface area contributed by atoms with Crippen molar-refractivity contribution >= 4 is 50.8 Å². The van der Waals surface area contributed by atoms with Gasteiger partial charge in [-0.1, -0.05) is 42.0 Å².